The first-order chi connectivity index (χ1) is 14.4. The lowest BCUT2D eigenvalue weighted by atomic mass is 9.97. The van der Waals surface area contributed by atoms with Crippen LogP contribution in [0, 0.1) is 0 Å². The summed E-state index contributed by atoms with van der Waals surface area (Å²) in [5, 5.41) is 12.9. The van der Waals surface area contributed by atoms with Crippen LogP contribution in [0.2, 0.25) is 10.0 Å². The van der Waals surface area contributed by atoms with E-state index in [1.165, 1.54) is 6.07 Å². The number of rotatable bonds is 5. The zero-order valence-corrected chi connectivity index (χ0v) is 17.3. The fourth-order valence-electron chi connectivity index (χ4n) is 3.46. The van der Waals surface area contributed by atoms with E-state index in [1.807, 2.05) is 18.2 Å². The summed E-state index contributed by atoms with van der Waals surface area (Å²) < 4.78 is 5.77. The van der Waals surface area contributed by atoms with Crippen LogP contribution in [0.15, 0.2) is 54.6 Å². The molecule has 0 saturated carbocycles. The highest BCUT2D eigenvalue weighted by Crippen LogP contribution is 2.35. The number of fused-ring (bicyclic) bond motifs is 1. The Morgan fingerprint density at radius 2 is 1.87 bits per heavy atom. The largest absolute Gasteiger partial charge is 0.493 e. The molecule has 3 aromatic rings. The molecule has 4 rings (SSSR count). The number of nitrogens with one attached hydrogen (secondary N) is 1. The number of carbonyl (C=O) groups is 2. The highest BCUT2D eigenvalue weighted by Gasteiger charge is 2.20. The number of halogens is 2. The molecule has 0 bridgehead atoms. The Kier molecular flexibility index (Phi) is 5.66. The van der Waals surface area contributed by atoms with E-state index in [4.69, 9.17) is 27.9 Å². The number of benzene rings is 3. The molecule has 0 radical (unpaired) electrons. The average molecular weight is 442 g/mol. The molecule has 3 aromatic carbocycles. The van der Waals surface area contributed by atoms with Crippen molar-refractivity contribution < 1.29 is 19.4 Å². The average Bonchev–Trinajstić information content (AvgIpc) is 3.20. The molecule has 7 heteroatoms. The summed E-state index contributed by atoms with van der Waals surface area (Å²) in [6, 6.07) is 15.4. The third kappa shape index (κ3) is 4.13. The highest BCUT2D eigenvalue weighted by atomic mass is 35.5. The van der Waals surface area contributed by atoms with Gasteiger partial charge >= 0.3 is 5.97 Å². The molecule has 0 aromatic heterocycles. The molecule has 152 valence electrons. The molecule has 1 aliphatic rings. The minimum absolute atomic E-state index is 0.219. The summed E-state index contributed by atoms with van der Waals surface area (Å²) in [7, 11) is 0. The first-order valence-electron chi connectivity index (χ1n) is 9.28. The molecule has 0 saturated heterocycles. The van der Waals surface area contributed by atoms with Crippen molar-refractivity contribution in [2.75, 3.05) is 6.61 Å². The Morgan fingerprint density at radius 1 is 1.03 bits per heavy atom. The second kappa shape index (κ2) is 8.38. The van der Waals surface area contributed by atoms with Gasteiger partial charge in [0, 0.05) is 23.6 Å². The first kappa shape index (κ1) is 20.3. The number of carboxylic acids is 1. The molecule has 0 fully saturated rings. The Balaban J connectivity index is 1.63. The predicted molar refractivity (Wildman–Crippen MR) is 116 cm³/mol. The van der Waals surface area contributed by atoms with Gasteiger partial charge in [0.05, 0.1) is 22.8 Å². The number of amides is 1. The first-order valence-corrected chi connectivity index (χ1v) is 10.0. The molecule has 2 N–H and O–H groups in total. The Labute approximate surface area is 183 Å². The summed E-state index contributed by atoms with van der Waals surface area (Å²) >= 11 is 12.0. The lowest BCUT2D eigenvalue weighted by Gasteiger charge is -2.13. The monoisotopic (exact) mass is 441 g/mol. The zero-order chi connectivity index (χ0) is 21.3. The molecule has 0 unspecified atom stereocenters. The molecule has 1 heterocycles. The summed E-state index contributed by atoms with van der Waals surface area (Å²) in [6.45, 7) is 0.810. The second-order valence-electron chi connectivity index (χ2n) is 6.91. The van der Waals surface area contributed by atoms with E-state index in [2.05, 4.69) is 5.32 Å². The topological polar surface area (TPSA) is 75.6 Å². The van der Waals surface area contributed by atoms with Gasteiger partial charge in [-0.15, -0.1) is 0 Å². The summed E-state index contributed by atoms with van der Waals surface area (Å²) in [6.07, 6.45) is 0.756. The van der Waals surface area contributed by atoms with Crippen LogP contribution >= 0.6 is 23.2 Å². The number of carbonyl (C=O) groups excluding carboxylic acids is 1. The maximum absolute atomic E-state index is 12.6. The van der Waals surface area contributed by atoms with Gasteiger partial charge in [-0.2, -0.15) is 0 Å². The smallest absolute Gasteiger partial charge is 0.335 e. The van der Waals surface area contributed by atoms with Crippen molar-refractivity contribution in [2.24, 2.45) is 0 Å². The zero-order valence-electron chi connectivity index (χ0n) is 15.7. The lowest BCUT2D eigenvalue weighted by Crippen LogP contribution is -2.23. The van der Waals surface area contributed by atoms with Crippen LogP contribution in [0.5, 0.6) is 5.75 Å². The number of ether oxygens (including phenoxy) is 1. The van der Waals surface area contributed by atoms with Crippen molar-refractivity contribution in [3.63, 3.8) is 0 Å². The van der Waals surface area contributed by atoms with Crippen LogP contribution in [0.3, 0.4) is 0 Å². The van der Waals surface area contributed by atoms with E-state index in [0.29, 0.717) is 17.2 Å². The summed E-state index contributed by atoms with van der Waals surface area (Å²) in [5.74, 6) is -0.536. The SMILES string of the molecule is O=C(O)c1cccc(-c2cc3c(c(CNC(=O)c4ccc(Cl)cc4Cl)c2)OCC3)c1. The maximum Gasteiger partial charge on any atom is 0.335 e. The van der Waals surface area contributed by atoms with Crippen molar-refractivity contribution in [3.05, 3.63) is 86.9 Å². The third-order valence-corrected chi connectivity index (χ3v) is 5.47. The molecular weight excluding hydrogens is 425 g/mol. The molecule has 0 atom stereocenters. The van der Waals surface area contributed by atoms with Crippen LogP contribution in [-0.2, 0) is 13.0 Å². The van der Waals surface area contributed by atoms with Crippen LogP contribution in [0.25, 0.3) is 11.1 Å². The number of hydrogen-bond acceptors (Lipinski definition) is 3. The molecular formula is C23H17Cl2NO4. The predicted octanol–water partition coefficient (Wildman–Crippen LogP) is 5.22. The Hall–Kier alpha value is -3.02. The quantitative estimate of drug-likeness (QED) is 0.568. The Morgan fingerprint density at radius 3 is 2.63 bits per heavy atom. The molecule has 1 aliphatic heterocycles. The Bertz CT molecular complexity index is 1160. The van der Waals surface area contributed by atoms with Gasteiger partial charge in [0.25, 0.3) is 5.91 Å². The number of hydrogen-bond donors (Lipinski definition) is 2. The highest BCUT2D eigenvalue weighted by molar-refractivity contribution is 6.36. The van der Waals surface area contributed by atoms with Crippen molar-refractivity contribution in [1.82, 2.24) is 5.32 Å². The second-order valence-corrected chi connectivity index (χ2v) is 7.76. The maximum atomic E-state index is 12.6. The van der Waals surface area contributed by atoms with Crippen LogP contribution < -0.4 is 10.1 Å². The van der Waals surface area contributed by atoms with Crippen LogP contribution in [0.4, 0.5) is 0 Å². The van der Waals surface area contributed by atoms with E-state index < -0.39 is 5.97 Å². The van der Waals surface area contributed by atoms with Gasteiger partial charge in [-0.05, 0) is 59.2 Å². The van der Waals surface area contributed by atoms with E-state index >= 15 is 0 Å². The lowest BCUT2D eigenvalue weighted by molar-refractivity contribution is 0.0696. The van der Waals surface area contributed by atoms with Crippen LogP contribution in [-0.4, -0.2) is 23.6 Å². The minimum atomic E-state index is -0.978. The van der Waals surface area contributed by atoms with Crippen LogP contribution in [0.1, 0.15) is 31.8 Å². The van der Waals surface area contributed by atoms with Gasteiger partial charge in [-0.25, -0.2) is 4.79 Å². The van der Waals surface area contributed by atoms with Gasteiger partial charge in [0.1, 0.15) is 5.75 Å². The minimum Gasteiger partial charge on any atom is -0.493 e. The summed E-state index contributed by atoms with van der Waals surface area (Å²) in [4.78, 5) is 23.9. The van der Waals surface area contributed by atoms with Gasteiger partial charge in [-0.3, -0.25) is 4.79 Å². The van der Waals surface area contributed by atoms with Crippen molar-refractivity contribution >= 4 is 35.1 Å². The normalized spacial score (nSPS) is 12.2. The summed E-state index contributed by atoms with van der Waals surface area (Å²) in [5.41, 5.74) is 4.07. The standard InChI is InChI=1S/C23H17Cl2NO4/c24-18-4-5-19(20(25)11-18)22(27)26-12-17-10-16(9-14-6-7-30-21(14)17)13-2-1-3-15(8-13)23(28)29/h1-5,8-11H,6-7,12H2,(H,26,27)(H,28,29). The van der Waals surface area contributed by atoms with E-state index in [-0.39, 0.29) is 23.0 Å². The fraction of sp³-hybridized carbons (Fsp3) is 0.130. The molecule has 30 heavy (non-hydrogen) atoms. The van der Waals surface area contributed by atoms with E-state index in [0.717, 1.165) is 34.4 Å². The van der Waals surface area contributed by atoms with E-state index in [9.17, 15) is 14.7 Å². The molecule has 0 aliphatic carbocycles. The van der Waals surface area contributed by atoms with Crippen molar-refractivity contribution in [2.45, 2.75) is 13.0 Å². The molecule has 1 amide bonds. The van der Waals surface area contributed by atoms with Gasteiger partial charge in [0.15, 0.2) is 0 Å². The number of aromatic carboxylic acids is 1. The van der Waals surface area contributed by atoms with E-state index in [1.54, 1.807) is 30.3 Å². The van der Waals surface area contributed by atoms with Gasteiger partial charge in [0.2, 0.25) is 0 Å². The number of carboxylic acid groups (broad SMARTS) is 1. The van der Waals surface area contributed by atoms with Crippen molar-refractivity contribution in [1.29, 1.82) is 0 Å². The van der Waals surface area contributed by atoms with Crippen molar-refractivity contribution in [3.8, 4) is 16.9 Å². The van der Waals surface area contributed by atoms with Gasteiger partial charge < -0.3 is 15.2 Å². The third-order valence-electron chi connectivity index (χ3n) is 4.92. The van der Waals surface area contributed by atoms with Gasteiger partial charge in [-0.1, -0.05) is 35.3 Å². The molecule has 5 nitrogen and oxygen atoms in total. The fourth-order valence-corrected chi connectivity index (χ4v) is 3.96. The molecule has 0 spiro atoms.